The first kappa shape index (κ1) is 12.4. The third kappa shape index (κ3) is 2.79. The second-order valence-corrected chi connectivity index (χ2v) is 4.33. The fourth-order valence-electron chi connectivity index (χ4n) is 2.21. The van der Waals surface area contributed by atoms with Crippen LogP contribution in [0.2, 0.25) is 0 Å². The van der Waals surface area contributed by atoms with Gasteiger partial charge in [-0.2, -0.15) is 5.10 Å². The van der Waals surface area contributed by atoms with Gasteiger partial charge >= 0.3 is 0 Å². The van der Waals surface area contributed by atoms with Crippen LogP contribution in [-0.4, -0.2) is 41.2 Å². The van der Waals surface area contributed by atoms with E-state index in [0.29, 0.717) is 6.04 Å². The average molecular weight is 239 g/mol. The van der Waals surface area contributed by atoms with Gasteiger partial charge in [0.1, 0.15) is 12.2 Å². The molecule has 5 nitrogen and oxygen atoms in total. The van der Waals surface area contributed by atoms with E-state index in [0.717, 1.165) is 25.3 Å². The number of hydrogen-bond donors (Lipinski definition) is 1. The van der Waals surface area contributed by atoms with Crippen LogP contribution in [0.1, 0.15) is 20.3 Å². The Labute approximate surface area is 102 Å². The molecule has 0 aliphatic heterocycles. The summed E-state index contributed by atoms with van der Waals surface area (Å²) in [7, 11) is 1.88. The fourth-order valence-corrected chi connectivity index (χ4v) is 2.21. The molecule has 1 heterocycles. The zero-order valence-corrected chi connectivity index (χ0v) is 10.7. The lowest BCUT2D eigenvalue weighted by molar-refractivity contribution is -0.104. The van der Waals surface area contributed by atoms with E-state index in [1.165, 1.54) is 0 Å². The maximum atomic E-state index is 5.86. The molecule has 5 heteroatoms. The molecule has 1 fully saturated rings. The molecule has 17 heavy (non-hydrogen) atoms. The van der Waals surface area contributed by atoms with E-state index in [1.807, 2.05) is 20.2 Å². The Morgan fingerprint density at radius 3 is 2.94 bits per heavy atom. The summed E-state index contributed by atoms with van der Waals surface area (Å²) in [5.74, 6) is 0.817. The van der Waals surface area contributed by atoms with Crippen molar-refractivity contribution in [2.75, 3.05) is 13.2 Å². The first-order valence-corrected chi connectivity index (χ1v) is 6.24. The van der Waals surface area contributed by atoms with Crippen molar-refractivity contribution >= 4 is 0 Å². The zero-order chi connectivity index (χ0) is 12.3. The van der Waals surface area contributed by atoms with E-state index in [-0.39, 0.29) is 12.2 Å². The van der Waals surface area contributed by atoms with Gasteiger partial charge in [0, 0.05) is 26.1 Å². The first-order chi connectivity index (χ1) is 8.24. The highest BCUT2D eigenvalue weighted by molar-refractivity contribution is 5.14. The molecule has 0 saturated heterocycles. The Bertz CT molecular complexity index is 353. The van der Waals surface area contributed by atoms with Crippen LogP contribution in [0.3, 0.4) is 0 Å². The largest absolute Gasteiger partial charge is 0.484 e. The van der Waals surface area contributed by atoms with Gasteiger partial charge in [-0.25, -0.2) is 0 Å². The highest BCUT2D eigenvalue weighted by Gasteiger charge is 2.43. The van der Waals surface area contributed by atoms with Gasteiger partial charge in [-0.1, -0.05) is 6.92 Å². The molecule has 3 unspecified atom stereocenters. The molecule has 0 radical (unpaired) electrons. The minimum atomic E-state index is 0.142. The zero-order valence-electron chi connectivity index (χ0n) is 10.7. The van der Waals surface area contributed by atoms with Crippen molar-refractivity contribution < 1.29 is 9.47 Å². The van der Waals surface area contributed by atoms with Crippen LogP contribution in [0.4, 0.5) is 0 Å². The van der Waals surface area contributed by atoms with Crippen molar-refractivity contribution in [1.82, 2.24) is 15.1 Å². The minimum Gasteiger partial charge on any atom is -0.484 e. The summed E-state index contributed by atoms with van der Waals surface area (Å²) in [5, 5.41) is 7.50. The predicted octanol–water partition coefficient (Wildman–Crippen LogP) is 0.954. The lowest BCUT2D eigenvalue weighted by Crippen LogP contribution is -2.61. The van der Waals surface area contributed by atoms with Crippen molar-refractivity contribution in [1.29, 1.82) is 0 Å². The van der Waals surface area contributed by atoms with E-state index in [9.17, 15) is 0 Å². The molecule has 3 atom stereocenters. The van der Waals surface area contributed by atoms with Crippen LogP contribution >= 0.6 is 0 Å². The van der Waals surface area contributed by atoms with Crippen molar-refractivity contribution in [2.45, 2.75) is 38.5 Å². The van der Waals surface area contributed by atoms with Crippen LogP contribution in [-0.2, 0) is 11.8 Å². The normalized spacial score (nSPS) is 27.8. The molecular weight excluding hydrogens is 218 g/mol. The number of nitrogens with zero attached hydrogens (tertiary/aromatic N) is 2. The second-order valence-electron chi connectivity index (χ2n) is 4.33. The first-order valence-electron chi connectivity index (χ1n) is 6.24. The summed E-state index contributed by atoms with van der Waals surface area (Å²) in [5.41, 5.74) is 0. The second kappa shape index (κ2) is 5.51. The monoisotopic (exact) mass is 239 g/mol. The highest BCUT2D eigenvalue weighted by Crippen LogP contribution is 2.28. The highest BCUT2D eigenvalue weighted by atomic mass is 16.5. The molecule has 96 valence electrons. The van der Waals surface area contributed by atoms with Crippen molar-refractivity contribution in [2.24, 2.45) is 7.05 Å². The van der Waals surface area contributed by atoms with Crippen LogP contribution in [0.25, 0.3) is 0 Å². The summed E-state index contributed by atoms with van der Waals surface area (Å²) in [6.45, 7) is 5.81. The molecular formula is C12H21N3O2. The SMILES string of the molecule is CCNC1CC(Oc2cnn(C)c2)C1OCC. The van der Waals surface area contributed by atoms with Gasteiger partial charge in [0.25, 0.3) is 0 Å². The van der Waals surface area contributed by atoms with E-state index >= 15 is 0 Å². The molecule has 0 bridgehead atoms. The number of nitrogens with one attached hydrogen (secondary N) is 1. The van der Waals surface area contributed by atoms with Crippen molar-refractivity contribution in [3.63, 3.8) is 0 Å². The Balaban J connectivity index is 1.89. The minimum absolute atomic E-state index is 0.142. The van der Waals surface area contributed by atoms with Gasteiger partial charge in [-0.3, -0.25) is 4.68 Å². The number of aromatic nitrogens is 2. The van der Waals surface area contributed by atoms with Gasteiger partial charge in [0.15, 0.2) is 5.75 Å². The molecule has 2 rings (SSSR count). The molecule has 1 aliphatic rings. The summed E-state index contributed by atoms with van der Waals surface area (Å²) >= 11 is 0. The molecule has 0 spiro atoms. The molecule has 1 saturated carbocycles. The summed E-state index contributed by atoms with van der Waals surface area (Å²) in [4.78, 5) is 0. The number of rotatable bonds is 6. The van der Waals surface area contributed by atoms with Crippen LogP contribution in [0.15, 0.2) is 12.4 Å². The fraction of sp³-hybridized carbons (Fsp3) is 0.750. The topological polar surface area (TPSA) is 48.3 Å². The van der Waals surface area contributed by atoms with Crippen LogP contribution in [0, 0.1) is 0 Å². The maximum Gasteiger partial charge on any atom is 0.157 e. The summed E-state index contributed by atoms with van der Waals surface area (Å²) in [6, 6.07) is 0.418. The molecule has 0 aromatic carbocycles. The van der Waals surface area contributed by atoms with Crippen LogP contribution < -0.4 is 10.1 Å². The van der Waals surface area contributed by atoms with Gasteiger partial charge in [0.2, 0.25) is 0 Å². The van der Waals surface area contributed by atoms with E-state index in [4.69, 9.17) is 9.47 Å². The predicted molar refractivity (Wildman–Crippen MR) is 65.1 cm³/mol. The molecule has 1 aromatic heterocycles. The Hall–Kier alpha value is -1.07. The number of aryl methyl sites for hydroxylation is 1. The maximum absolute atomic E-state index is 5.86. The number of hydrogen-bond acceptors (Lipinski definition) is 4. The smallest absolute Gasteiger partial charge is 0.157 e. The van der Waals surface area contributed by atoms with Gasteiger partial charge in [0.05, 0.1) is 12.4 Å². The number of ether oxygens (including phenoxy) is 2. The van der Waals surface area contributed by atoms with Crippen molar-refractivity contribution in [3.8, 4) is 5.75 Å². The lowest BCUT2D eigenvalue weighted by atomic mass is 9.85. The summed E-state index contributed by atoms with van der Waals surface area (Å²) in [6.07, 6.45) is 4.91. The van der Waals surface area contributed by atoms with Crippen molar-refractivity contribution in [3.05, 3.63) is 12.4 Å². The van der Waals surface area contributed by atoms with Gasteiger partial charge in [-0.15, -0.1) is 0 Å². The third-order valence-electron chi connectivity index (χ3n) is 3.04. The Kier molecular flexibility index (Phi) is 4.02. The van der Waals surface area contributed by atoms with E-state index < -0.39 is 0 Å². The quantitative estimate of drug-likeness (QED) is 0.803. The van der Waals surface area contributed by atoms with Crippen LogP contribution in [0.5, 0.6) is 5.75 Å². The Morgan fingerprint density at radius 2 is 2.35 bits per heavy atom. The van der Waals surface area contributed by atoms with E-state index in [1.54, 1.807) is 10.9 Å². The lowest BCUT2D eigenvalue weighted by Gasteiger charge is -2.43. The Morgan fingerprint density at radius 1 is 1.53 bits per heavy atom. The molecule has 1 N–H and O–H groups in total. The van der Waals surface area contributed by atoms with Gasteiger partial charge < -0.3 is 14.8 Å². The average Bonchev–Trinajstić information content (AvgIpc) is 2.70. The standard InChI is InChI=1S/C12H21N3O2/c1-4-13-10-6-11(12(10)16-5-2)17-9-7-14-15(3)8-9/h7-8,10-13H,4-6H2,1-3H3. The summed E-state index contributed by atoms with van der Waals surface area (Å²) < 4.78 is 13.3. The van der Waals surface area contributed by atoms with Gasteiger partial charge in [-0.05, 0) is 13.5 Å². The molecule has 1 aliphatic carbocycles. The molecule has 1 aromatic rings. The molecule has 0 amide bonds. The third-order valence-corrected chi connectivity index (χ3v) is 3.04. The number of likely N-dealkylation sites (N-methyl/N-ethyl adjacent to an activating group) is 1. The van der Waals surface area contributed by atoms with E-state index in [2.05, 4.69) is 17.3 Å².